The molecule has 0 unspecified atom stereocenters. The Bertz CT molecular complexity index is 250. The number of nitrogens with zero attached hydrogens (tertiary/aromatic N) is 1. The van der Waals surface area contributed by atoms with Crippen LogP contribution in [-0.4, -0.2) is 43.2 Å². The van der Waals surface area contributed by atoms with E-state index in [1.54, 1.807) is 0 Å². The molecule has 92 valence electrons. The average molecular weight is 246 g/mol. The van der Waals surface area contributed by atoms with Crippen LogP contribution in [0.4, 0.5) is 4.79 Å². The number of likely N-dealkylation sites (tertiary alicyclic amines) is 1. The molecule has 0 aromatic heterocycles. The smallest absolute Gasteiger partial charge is 0.317 e. The van der Waals surface area contributed by atoms with Crippen LogP contribution in [0.2, 0.25) is 0 Å². The number of hydrogen-bond acceptors (Lipinski definition) is 2. The molecule has 1 saturated heterocycles. The first kappa shape index (κ1) is 13.3. The van der Waals surface area contributed by atoms with Gasteiger partial charge in [-0.25, -0.2) is 4.79 Å². The summed E-state index contributed by atoms with van der Waals surface area (Å²) in [5.74, 6) is 0. The normalized spacial score (nSPS) is 17.2. The topological polar surface area (TPSA) is 44.4 Å². The van der Waals surface area contributed by atoms with E-state index < -0.39 is 0 Å². The fourth-order valence-corrected chi connectivity index (χ4v) is 1.88. The molecule has 5 heteroatoms. The quantitative estimate of drug-likeness (QED) is 0.789. The van der Waals surface area contributed by atoms with Gasteiger partial charge in [0.1, 0.15) is 0 Å². The molecule has 16 heavy (non-hydrogen) atoms. The molecule has 1 heterocycles. The van der Waals surface area contributed by atoms with Crippen molar-refractivity contribution in [3.8, 4) is 0 Å². The van der Waals surface area contributed by atoms with Crippen LogP contribution >= 0.6 is 11.6 Å². The molecule has 1 aliphatic rings. The van der Waals surface area contributed by atoms with Crippen molar-refractivity contribution in [2.24, 2.45) is 0 Å². The summed E-state index contributed by atoms with van der Waals surface area (Å²) in [6, 6.07) is 0.490. The molecule has 0 atom stereocenters. The molecular formula is C11H20ClN3O. The molecule has 0 aromatic rings. The van der Waals surface area contributed by atoms with Crippen LogP contribution < -0.4 is 10.6 Å². The highest BCUT2D eigenvalue weighted by atomic mass is 35.5. The van der Waals surface area contributed by atoms with Gasteiger partial charge in [0.2, 0.25) is 0 Å². The maximum absolute atomic E-state index is 11.5. The zero-order chi connectivity index (χ0) is 12.0. The van der Waals surface area contributed by atoms with Crippen molar-refractivity contribution in [3.63, 3.8) is 0 Å². The van der Waals surface area contributed by atoms with Crippen molar-refractivity contribution >= 4 is 17.6 Å². The Morgan fingerprint density at radius 1 is 1.50 bits per heavy atom. The van der Waals surface area contributed by atoms with Crippen molar-refractivity contribution in [1.82, 2.24) is 15.5 Å². The third-order valence-corrected chi connectivity index (χ3v) is 2.83. The minimum Gasteiger partial charge on any atom is -0.338 e. The highest BCUT2D eigenvalue weighted by Gasteiger charge is 2.21. The summed E-state index contributed by atoms with van der Waals surface area (Å²) in [5.41, 5.74) is 0. The lowest BCUT2D eigenvalue weighted by Gasteiger charge is -2.32. The van der Waals surface area contributed by atoms with E-state index in [-0.39, 0.29) is 6.03 Å². The van der Waals surface area contributed by atoms with Gasteiger partial charge >= 0.3 is 6.03 Å². The average Bonchev–Trinajstić information content (AvgIpc) is 2.27. The van der Waals surface area contributed by atoms with Gasteiger partial charge in [-0.15, -0.1) is 0 Å². The molecule has 1 aliphatic heterocycles. The molecule has 1 fully saturated rings. The third kappa shape index (κ3) is 4.41. The number of nitrogens with one attached hydrogen (secondary N) is 2. The Morgan fingerprint density at radius 2 is 2.12 bits per heavy atom. The molecule has 0 aliphatic carbocycles. The van der Waals surface area contributed by atoms with Crippen molar-refractivity contribution < 1.29 is 4.79 Å². The molecule has 0 bridgehead atoms. The number of urea groups is 1. The van der Waals surface area contributed by atoms with Gasteiger partial charge < -0.3 is 15.5 Å². The van der Waals surface area contributed by atoms with Gasteiger partial charge in [0.25, 0.3) is 0 Å². The second-order valence-electron chi connectivity index (χ2n) is 3.99. The Balaban J connectivity index is 2.23. The fourth-order valence-electron chi connectivity index (χ4n) is 1.80. The van der Waals surface area contributed by atoms with Crippen LogP contribution in [0.1, 0.15) is 19.8 Å². The van der Waals surface area contributed by atoms with E-state index in [1.165, 1.54) is 0 Å². The molecule has 4 nitrogen and oxygen atoms in total. The number of halogens is 1. The summed E-state index contributed by atoms with van der Waals surface area (Å²) in [4.78, 5) is 13.4. The molecule has 0 saturated carbocycles. The van der Waals surface area contributed by atoms with Gasteiger partial charge in [-0.3, -0.25) is 0 Å². The Morgan fingerprint density at radius 3 is 2.62 bits per heavy atom. The summed E-state index contributed by atoms with van der Waals surface area (Å²) < 4.78 is 0. The molecule has 2 amide bonds. The lowest BCUT2D eigenvalue weighted by molar-refractivity contribution is 0.177. The van der Waals surface area contributed by atoms with Crippen LogP contribution in [0.15, 0.2) is 11.6 Å². The van der Waals surface area contributed by atoms with Crippen LogP contribution in [0, 0.1) is 0 Å². The van der Waals surface area contributed by atoms with E-state index in [1.807, 2.05) is 11.8 Å². The standard InChI is InChI=1S/C11H20ClN3O/c1-3-13-11(16)15-6-4-10(5-7-15)14-8-9(2)12/h10,14H,2-8H2,1H3,(H,13,16). The van der Waals surface area contributed by atoms with Crippen LogP contribution in [0.5, 0.6) is 0 Å². The summed E-state index contributed by atoms with van der Waals surface area (Å²) in [7, 11) is 0. The van der Waals surface area contributed by atoms with E-state index in [0.29, 0.717) is 24.2 Å². The lowest BCUT2D eigenvalue weighted by Crippen LogP contribution is -2.48. The minimum absolute atomic E-state index is 0.0442. The molecule has 1 rings (SSSR count). The van der Waals surface area contributed by atoms with Crippen molar-refractivity contribution in [1.29, 1.82) is 0 Å². The SMILES string of the molecule is C=C(Cl)CNC1CCN(C(=O)NCC)CC1. The number of carbonyl (C=O) groups excluding carboxylic acids is 1. The second-order valence-corrected chi connectivity index (χ2v) is 4.53. The number of rotatable bonds is 4. The number of hydrogen-bond donors (Lipinski definition) is 2. The zero-order valence-electron chi connectivity index (χ0n) is 9.76. The molecular weight excluding hydrogens is 226 g/mol. The monoisotopic (exact) mass is 245 g/mol. The van der Waals surface area contributed by atoms with Gasteiger partial charge in [0.05, 0.1) is 0 Å². The summed E-state index contributed by atoms with van der Waals surface area (Å²) >= 11 is 5.69. The van der Waals surface area contributed by atoms with Crippen LogP contribution in [-0.2, 0) is 0 Å². The summed E-state index contributed by atoms with van der Waals surface area (Å²) in [6.07, 6.45) is 1.95. The molecule has 2 N–H and O–H groups in total. The number of carbonyl (C=O) groups is 1. The Labute approximate surface area is 102 Å². The zero-order valence-corrected chi connectivity index (χ0v) is 10.5. The van der Waals surface area contributed by atoms with Gasteiger partial charge in [0.15, 0.2) is 0 Å². The third-order valence-electron chi connectivity index (χ3n) is 2.69. The molecule has 0 aromatic carbocycles. The molecule has 0 radical (unpaired) electrons. The first-order chi connectivity index (χ1) is 7.63. The molecule has 0 spiro atoms. The van der Waals surface area contributed by atoms with E-state index in [4.69, 9.17) is 11.6 Å². The van der Waals surface area contributed by atoms with Crippen molar-refractivity contribution in [2.75, 3.05) is 26.2 Å². The van der Waals surface area contributed by atoms with Gasteiger partial charge in [0, 0.05) is 37.3 Å². The minimum atomic E-state index is 0.0442. The van der Waals surface area contributed by atoms with Gasteiger partial charge in [-0.2, -0.15) is 0 Å². The van der Waals surface area contributed by atoms with Crippen LogP contribution in [0.3, 0.4) is 0 Å². The number of piperidine rings is 1. The maximum atomic E-state index is 11.5. The van der Waals surface area contributed by atoms with Crippen molar-refractivity contribution in [3.05, 3.63) is 11.6 Å². The highest BCUT2D eigenvalue weighted by Crippen LogP contribution is 2.10. The Hall–Kier alpha value is -0.740. The predicted octanol–water partition coefficient (Wildman–Crippen LogP) is 1.52. The van der Waals surface area contributed by atoms with E-state index in [9.17, 15) is 4.79 Å². The highest BCUT2D eigenvalue weighted by molar-refractivity contribution is 6.29. The summed E-state index contributed by atoms with van der Waals surface area (Å²) in [6.45, 7) is 8.50. The first-order valence-electron chi connectivity index (χ1n) is 5.73. The second kappa shape index (κ2) is 6.76. The summed E-state index contributed by atoms with van der Waals surface area (Å²) in [5, 5.41) is 6.76. The Kier molecular flexibility index (Phi) is 5.63. The fraction of sp³-hybridized carbons (Fsp3) is 0.727. The number of amides is 2. The lowest BCUT2D eigenvalue weighted by atomic mass is 10.1. The van der Waals surface area contributed by atoms with E-state index >= 15 is 0 Å². The van der Waals surface area contributed by atoms with Gasteiger partial charge in [-0.05, 0) is 19.8 Å². The maximum Gasteiger partial charge on any atom is 0.317 e. The van der Waals surface area contributed by atoms with Crippen molar-refractivity contribution in [2.45, 2.75) is 25.8 Å². The predicted molar refractivity (Wildman–Crippen MR) is 66.7 cm³/mol. The van der Waals surface area contributed by atoms with Gasteiger partial charge in [-0.1, -0.05) is 18.2 Å². The largest absolute Gasteiger partial charge is 0.338 e. The van der Waals surface area contributed by atoms with Crippen LogP contribution in [0.25, 0.3) is 0 Å². The van der Waals surface area contributed by atoms with E-state index in [0.717, 1.165) is 25.9 Å². The van der Waals surface area contributed by atoms with E-state index in [2.05, 4.69) is 17.2 Å². The first-order valence-corrected chi connectivity index (χ1v) is 6.10.